The van der Waals surface area contributed by atoms with E-state index < -0.39 is 0 Å². The zero-order valence-corrected chi connectivity index (χ0v) is 12.6. The van der Waals surface area contributed by atoms with E-state index in [1.54, 1.807) is 4.90 Å². The third-order valence-electron chi connectivity index (χ3n) is 4.26. The highest BCUT2D eigenvalue weighted by atomic mass is 16.3. The Morgan fingerprint density at radius 2 is 1.95 bits per heavy atom. The number of aliphatic hydroxyl groups is 1. The number of rotatable bonds is 6. The summed E-state index contributed by atoms with van der Waals surface area (Å²) < 4.78 is 0. The lowest BCUT2D eigenvalue weighted by molar-refractivity contribution is -0.139. The quantitative estimate of drug-likeness (QED) is 0.774. The highest BCUT2D eigenvalue weighted by molar-refractivity contribution is 5.78. The van der Waals surface area contributed by atoms with Crippen LogP contribution in [0.25, 0.3) is 0 Å². The summed E-state index contributed by atoms with van der Waals surface area (Å²) >= 11 is 0. The maximum atomic E-state index is 12.3. The number of nitrogens with zero attached hydrogens (tertiary/aromatic N) is 1. The summed E-state index contributed by atoms with van der Waals surface area (Å²) in [6, 6.07) is 0.220. The maximum Gasteiger partial charge on any atom is 0.225 e. The number of carbonyl (C=O) groups is 1. The first kappa shape index (κ1) is 16.4. The number of aliphatic hydroxyl groups excluding tert-OH is 1. The number of amides is 1. The van der Waals surface area contributed by atoms with E-state index in [9.17, 15) is 9.90 Å². The Bertz CT molecular complexity index is 281. The summed E-state index contributed by atoms with van der Waals surface area (Å²) in [6.45, 7) is 3.98. The average molecular weight is 270 g/mol. The van der Waals surface area contributed by atoms with E-state index in [2.05, 4.69) is 0 Å². The molecule has 0 saturated heterocycles. The van der Waals surface area contributed by atoms with Crippen LogP contribution < -0.4 is 5.73 Å². The van der Waals surface area contributed by atoms with Crippen molar-refractivity contribution in [3.05, 3.63) is 0 Å². The molecule has 4 heteroatoms. The second kappa shape index (κ2) is 7.85. The Kier molecular flexibility index (Phi) is 6.80. The number of hydrogen-bond donors (Lipinski definition) is 2. The minimum absolute atomic E-state index is 0.0112. The number of likely N-dealkylation sites (N-methyl/N-ethyl adjacent to an activating group) is 1. The Balaban J connectivity index is 2.41. The molecule has 0 spiro atoms. The minimum Gasteiger partial charge on any atom is -0.391 e. The molecule has 1 fully saturated rings. The normalized spacial score (nSPS) is 26.8. The highest BCUT2D eigenvalue weighted by Gasteiger charge is 2.30. The molecule has 0 aromatic heterocycles. The van der Waals surface area contributed by atoms with Gasteiger partial charge in [-0.15, -0.1) is 0 Å². The molecular weight excluding hydrogens is 240 g/mol. The van der Waals surface area contributed by atoms with E-state index in [-0.39, 0.29) is 30.0 Å². The van der Waals surface area contributed by atoms with Gasteiger partial charge in [0.25, 0.3) is 0 Å². The first-order chi connectivity index (χ1) is 8.93. The van der Waals surface area contributed by atoms with Crippen LogP contribution in [0.2, 0.25) is 0 Å². The molecule has 1 aliphatic carbocycles. The van der Waals surface area contributed by atoms with Gasteiger partial charge in [-0.05, 0) is 32.6 Å². The van der Waals surface area contributed by atoms with Crippen LogP contribution in [0.3, 0.4) is 0 Å². The van der Waals surface area contributed by atoms with Crippen molar-refractivity contribution in [2.45, 2.75) is 77.0 Å². The van der Waals surface area contributed by atoms with Crippen LogP contribution in [0.5, 0.6) is 0 Å². The molecule has 4 nitrogen and oxygen atoms in total. The van der Waals surface area contributed by atoms with Crippen molar-refractivity contribution in [1.29, 1.82) is 0 Å². The number of hydrogen-bond acceptors (Lipinski definition) is 3. The summed E-state index contributed by atoms with van der Waals surface area (Å²) in [5, 5.41) is 10.0. The molecular formula is C15H30N2O2. The van der Waals surface area contributed by atoms with Gasteiger partial charge in [0.15, 0.2) is 0 Å². The molecule has 112 valence electrons. The summed E-state index contributed by atoms with van der Waals surface area (Å²) in [7, 11) is 1.84. The fraction of sp³-hybridized carbons (Fsp3) is 0.933. The largest absolute Gasteiger partial charge is 0.391 e. The van der Waals surface area contributed by atoms with Crippen LogP contribution >= 0.6 is 0 Å². The molecule has 3 N–H and O–H groups in total. The zero-order chi connectivity index (χ0) is 14.4. The van der Waals surface area contributed by atoms with Crippen LogP contribution in [0.15, 0.2) is 0 Å². The van der Waals surface area contributed by atoms with E-state index in [0.717, 1.165) is 44.9 Å². The van der Waals surface area contributed by atoms with Gasteiger partial charge in [0.2, 0.25) is 5.91 Å². The average Bonchev–Trinajstić information content (AvgIpc) is 2.37. The molecule has 0 aromatic rings. The lowest BCUT2D eigenvalue weighted by Gasteiger charge is -2.36. The molecule has 4 atom stereocenters. The molecule has 1 aliphatic rings. The van der Waals surface area contributed by atoms with Crippen LogP contribution in [-0.2, 0) is 4.79 Å². The van der Waals surface area contributed by atoms with E-state index >= 15 is 0 Å². The Hall–Kier alpha value is -0.610. The minimum atomic E-state index is -0.348. The molecule has 4 unspecified atom stereocenters. The van der Waals surface area contributed by atoms with Crippen molar-refractivity contribution in [1.82, 2.24) is 4.90 Å². The Morgan fingerprint density at radius 3 is 2.53 bits per heavy atom. The summed E-state index contributed by atoms with van der Waals surface area (Å²) in [6.07, 6.45) is 6.42. The van der Waals surface area contributed by atoms with Gasteiger partial charge in [0.05, 0.1) is 12.1 Å². The van der Waals surface area contributed by atoms with E-state index in [0.29, 0.717) is 0 Å². The first-order valence-corrected chi connectivity index (χ1v) is 7.63. The zero-order valence-electron chi connectivity index (χ0n) is 12.6. The van der Waals surface area contributed by atoms with Gasteiger partial charge >= 0.3 is 0 Å². The van der Waals surface area contributed by atoms with Gasteiger partial charge < -0.3 is 15.7 Å². The van der Waals surface area contributed by atoms with Crippen molar-refractivity contribution < 1.29 is 9.90 Å². The SMILES string of the molecule is CC(N)CCCC(C)C(=O)N(C)C1CCCCC1O. The third-order valence-corrected chi connectivity index (χ3v) is 4.26. The maximum absolute atomic E-state index is 12.3. The molecule has 0 heterocycles. The number of carbonyl (C=O) groups excluding carboxylic acids is 1. The Morgan fingerprint density at radius 1 is 1.32 bits per heavy atom. The van der Waals surface area contributed by atoms with Crippen LogP contribution in [-0.4, -0.2) is 41.1 Å². The first-order valence-electron chi connectivity index (χ1n) is 7.63. The van der Waals surface area contributed by atoms with Crippen LogP contribution in [0.4, 0.5) is 0 Å². The Labute approximate surface area is 117 Å². The molecule has 0 bridgehead atoms. The molecule has 19 heavy (non-hydrogen) atoms. The lowest BCUT2D eigenvalue weighted by atomic mass is 9.90. The van der Waals surface area contributed by atoms with Gasteiger partial charge in [-0.3, -0.25) is 4.79 Å². The van der Waals surface area contributed by atoms with E-state index in [4.69, 9.17) is 5.73 Å². The van der Waals surface area contributed by atoms with Gasteiger partial charge in [0.1, 0.15) is 0 Å². The highest BCUT2D eigenvalue weighted by Crippen LogP contribution is 2.24. The predicted molar refractivity (Wildman–Crippen MR) is 77.7 cm³/mol. The molecule has 0 aromatic carbocycles. The topological polar surface area (TPSA) is 66.6 Å². The molecule has 0 aliphatic heterocycles. The fourth-order valence-corrected chi connectivity index (χ4v) is 2.92. The van der Waals surface area contributed by atoms with Crippen molar-refractivity contribution >= 4 is 5.91 Å². The van der Waals surface area contributed by atoms with Gasteiger partial charge in [-0.1, -0.05) is 26.2 Å². The standard InChI is InChI=1S/C15H30N2O2/c1-11(7-6-8-12(2)16)15(19)17(3)13-9-4-5-10-14(13)18/h11-14,18H,4-10,16H2,1-3H3. The van der Waals surface area contributed by atoms with E-state index in [1.165, 1.54) is 0 Å². The monoisotopic (exact) mass is 270 g/mol. The molecule has 0 radical (unpaired) electrons. The predicted octanol–water partition coefficient (Wildman–Crippen LogP) is 1.90. The summed E-state index contributed by atoms with van der Waals surface area (Å²) in [5.74, 6) is 0.188. The second-order valence-corrected chi connectivity index (χ2v) is 6.18. The van der Waals surface area contributed by atoms with Crippen molar-refractivity contribution in [3.63, 3.8) is 0 Å². The number of nitrogens with two attached hydrogens (primary N) is 1. The van der Waals surface area contributed by atoms with Gasteiger partial charge in [-0.25, -0.2) is 0 Å². The van der Waals surface area contributed by atoms with Crippen LogP contribution in [0, 0.1) is 5.92 Å². The summed E-state index contributed by atoms with van der Waals surface area (Å²) in [5.41, 5.74) is 5.72. The van der Waals surface area contributed by atoms with E-state index in [1.807, 2.05) is 20.9 Å². The second-order valence-electron chi connectivity index (χ2n) is 6.18. The van der Waals surface area contributed by atoms with Gasteiger partial charge in [-0.2, -0.15) is 0 Å². The van der Waals surface area contributed by atoms with Crippen molar-refractivity contribution in [2.24, 2.45) is 11.7 Å². The molecule has 1 amide bonds. The van der Waals surface area contributed by atoms with Crippen molar-refractivity contribution in [3.8, 4) is 0 Å². The fourth-order valence-electron chi connectivity index (χ4n) is 2.92. The molecule has 1 saturated carbocycles. The molecule has 1 rings (SSSR count). The van der Waals surface area contributed by atoms with Gasteiger partial charge in [0, 0.05) is 19.0 Å². The van der Waals surface area contributed by atoms with Crippen LogP contribution in [0.1, 0.15) is 58.8 Å². The smallest absolute Gasteiger partial charge is 0.225 e. The van der Waals surface area contributed by atoms with Crippen molar-refractivity contribution in [2.75, 3.05) is 7.05 Å². The lowest BCUT2D eigenvalue weighted by Crippen LogP contribution is -2.47. The summed E-state index contributed by atoms with van der Waals surface area (Å²) in [4.78, 5) is 14.1. The third kappa shape index (κ3) is 5.11.